The predicted molar refractivity (Wildman–Crippen MR) is 119 cm³/mol. The van der Waals surface area contributed by atoms with E-state index >= 15 is 0 Å². The number of fused-ring (bicyclic) bond motifs is 8. The Balaban J connectivity index is 1.84. The van der Waals surface area contributed by atoms with E-state index in [9.17, 15) is 9.90 Å². The van der Waals surface area contributed by atoms with Crippen LogP contribution in [0, 0.1) is 5.92 Å². The van der Waals surface area contributed by atoms with Crippen LogP contribution in [0.2, 0.25) is 0 Å². The zero-order chi connectivity index (χ0) is 21.4. The summed E-state index contributed by atoms with van der Waals surface area (Å²) in [5.74, 6) is 0.250. The lowest BCUT2D eigenvalue weighted by molar-refractivity contribution is -0.0743. The van der Waals surface area contributed by atoms with Crippen LogP contribution in [0.4, 0.5) is 4.79 Å². The molecule has 6 heteroatoms. The van der Waals surface area contributed by atoms with Gasteiger partial charge in [-0.25, -0.2) is 9.36 Å². The molecule has 0 aliphatic carbocycles. The molecule has 0 saturated carbocycles. The Labute approximate surface area is 180 Å². The van der Waals surface area contributed by atoms with Crippen LogP contribution in [0.3, 0.4) is 0 Å². The second-order valence-corrected chi connectivity index (χ2v) is 10.8. The highest BCUT2D eigenvalue weighted by molar-refractivity contribution is 7.10. The number of ether oxygens (including phenoxy) is 1. The van der Waals surface area contributed by atoms with Crippen molar-refractivity contribution in [2.75, 3.05) is 0 Å². The molecule has 0 amide bonds. The Morgan fingerprint density at radius 3 is 2.67 bits per heavy atom. The van der Waals surface area contributed by atoms with E-state index in [0.717, 1.165) is 34.3 Å². The zero-order valence-corrected chi connectivity index (χ0v) is 18.9. The first-order valence-corrected chi connectivity index (χ1v) is 11.4. The van der Waals surface area contributed by atoms with Gasteiger partial charge in [-0.1, -0.05) is 32.0 Å². The molecule has 5 nitrogen and oxygen atoms in total. The standard InChI is InChI=1S/C24H28N2O3S/c1-14(2)21-24(28)16-10-11-30-19(16)13-25(21)12-18-20(24)15-8-6-7-9-17(15)26(18)22(27)29-23(3,4)5/h6-11,14,21,28H,12-13H2,1-5H3/t21-,24+/m0/s1. The van der Waals surface area contributed by atoms with E-state index in [1.807, 2.05) is 45.0 Å². The van der Waals surface area contributed by atoms with E-state index in [1.54, 1.807) is 15.9 Å². The van der Waals surface area contributed by atoms with Gasteiger partial charge in [-0.05, 0) is 44.2 Å². The molecule has 0 saturated heterocycles. The highest BCUT2D eigenvalue weighted by Gasteiger charge is 2.55. The molecule has 2 aliphatic heterocycles. The van der Waals surface area contributed by atoms with Gasteiger partial charge in [0.15, 0.2) is 0 Å². The average Bonchev–Trinajstić information content (AvgIpc) is 3.22. The van der Waals surface area contributed by atoms with E-state index in [0.29, 0.717) is 6.54 Å². The second-order valence-electron chi connectivity index (χ2n) is 9.77. The number of hydrogen-bond donors (Lipinski definition) is 1. The zero-order valence-electron chi connectivity index (χ0n) is 18.1. The first-order valence-electron chi connectivity index (χ1n) is 10.5. The van der Waals surface area contributed by atoms with Crippen molar-refractivity contribution in [3.05, 3.63) is 57.4 Å². The molecule has 4 heterocycles. The smallest absolute Gasteiger partial charge is 0.419 e. The molecule has 1 unspecified atom stereocenters. The molecule has 2 bridgehead atoms. The molecule has 2 aromatic heterocycles. The summed E-state index contributed by atoms with van der Waals surface area (Å²) in [5, 5.41) is 15.4. The van der Waals surface area contributed by atoms with Crippen LogP contribution < -0.4 is 0 Å². The molecule has 158 valence electrons. The lowest BCUT2D eigenvalue weighted by atomic mass is 9.70. The van der Waals surface area contributed by atoms with E-state index in [4.69, 9.17) is 4.74 Å². The van der Waals surface area contributed by atoms with Gasteiger partial charge in [0.05, 0.1) is 17.3 Å². The third kappa shape index (κ3) is 2.63. The molecule has 1 N–H and O–H groups in total. The first-order chi connectivity index (χ1) is 14.1. The van der Waals surface area contributed by atoms with E-state index in [2.05, 4.69) is 30.2 Å². The van der Waals surface area contributed by atoms with Gasteiger partial charge in [0, 0.05) is 34.5 Å². The van der Waals surface area contributed by atoms with Crippen LogP contribution in [0.5, 0.6) is 0 Å². The number of aromatic nitrogens is 1. The van der Waals surface area contributed by atoms with Crippen molar-refractivity contribution < 1.29 is 14.6 Å². The number of benzene rings is 1. The van der Waals surface area contributed by atoms with Crippen LogP contribution in [-0.2, 0) is 23.4 Å². The molecule has 5 rings (SSSR count). The van der Waals surface area contributed by atoms with E-state index < -0.39 is 17.3 Å². The summed E-state index contributed by atoms with van der Waals surface area (Å²) in [6.45, 7) is 11.3. The summed E-state index contributed by atoms with van der Waals surface area (Å²) in [5.41, 5.74) is 1.70. The number of para-hydroxylation sites is 1. The van der Waals surface area contributed by atoms with Crippen molar-refractivity contribution in [3.63, 3.8) is 0 Å². The van der Waals surface area contributed by atoms with Crippen molar-refractivity contribution in [1.82, 2.24) is 9.47 Å². The lowest BCUT2D eigenvalue weighted by Crippen LogP contribution is -2.60. The number of aliphatic hydroxyl groups is 1. The predicted octanol–water partition coefficient (Wildman–Crippen LogP) is 5.08. The van der Waals surface area contributed by atoms with Gasteiger partial charge in [-0.3, -0.25) is 4.90 Å². The summed E-state index contributed by atoms with van der Waals surface area (Å²) < 4.78 is 7.45. The Morgan fingerprint density at radius 1 is 1.23 bits per heavy atom. The molecule has 3 aromatic rings. The lowest BCUT2D eigenvalue weighted by Gasteiger charge is -2.52. The Morgan fingerprint density at radius 2 is 1.97 bits per heavy atom. The third-order valence-corrected chi connectivity index (χ3v) is 7.14. The monoisotopic (exact) mass is 424 g/mol. The highest BCUT2D eigenvalue weighted by Crippen LogP contribution is 2.53. The highest BCUT2D eigenvalue weighted by atomic mass is 32.1. The van der Waals surface area contributed by atoms with Crippen molar-refractivity contribution in [2.45, 2.75) is 65.0 Å². The van der Waals surface area contributed by atoms with Gasteiger partial charge in [0.25, 0.3) is 0 Å². The summed E-state index contributed by atoms with van der Waals surface area (Å²) in [6.07, 6.45) is -0.392. The topological polar surface area (TPSA) is 54.7 Å². The average molecular weight is 425 g/mol. The molecule has 0 fully saturated rings. The maximum absolute atomic E-state index is 13.3. The minimum Gasteiger partial charge on any atom is -0.443 e. The first kappa shape index (κ1) is 19.8. The van der Waals surface area contributed by atoms with Crippen LogP contribution >= 0.6 is 11.3 Å². The fourth-order valence-electron chi connectivity index (χ4n) is 5.43. The Bertz CT molecular complexity index is 1150. The van der Waals surface area contributed by atoms with Crippen LogP contribution in [-0.4, -0.2) is 32.3 Å². The number of rotatable bonds is 1. The van der Waals surface area contributed by atoms with Crippen LogP contribution in [0.15, 0.2) is 35.7 Å². The molecule has 3 atom stereocenters. The minimum absolute atomic E-state index is 0.0509. The number of thiophene rings is 1. The summed E-state index contributed by atoms with van der Waals surface area (Å²) in [7, 11) is 0. The van der Waals surface area contributed by atoms with Crippen molar-refractivity contribution in [1.29, 1.82) is 0 Å². The number of carbonyl (C=O) groups excluding carboxylic acids is 1. The number of carbonyl (C=O) groups is 1. The SMILES string of the molecule is CC(C)[C@@H]1N2Cc3sccc3[C@@]1(O)c1c(n(C(=O)OC(C)(C)C)c3ccccc13)C2. The number of nitrogens with zero attached hydrogens (tertiary/aromatic N) is 2. The second kappa shape index (κ2) is 6.42. The third-order valence-electron chi connectivity index (χ3n) is 6.24. The normalized spacial score (nSPS) is 25.3. The molecular weight excluding hydrogens is 396 g/mol. The van der Waals surface area contributed by atoms with Gasteiger partial charge >= 0.3 is 6.09 Å². The van der Waals surface area contributed by atoms with E-state index in [-0.39, 0.29) is 12.0 Å². The molecule has 2 aliphatic rings. The Kier molecular flexibility index (Phi) is 4.24. The largest absolute Gasteiger partial charge is 0.443 e. The Hall–Kier alpha value is -2.15. The summed E-state index contributed by atoms with van der Waals surface area (Å²) in [4.78, 5) is 16.8. The maximum Gasteiger partial charge on any atom is 0.419 e. The fraction of sp³-hybridized carbons (Fsp3) is 0.458. The van der Waals surface area contributed by atoms with Crippen LogP contribution in [0.1, 0.15) is 56.3 Å². The quantitative estimate of drug-likeness (QED) is 0.592. The van der Waals surface area contributed by atoms with Crippen molar-refractivity contribution >= 4 is 28.3 Å². The van der Waals surface area contributed by atoms with Crippen LogP contribution in [0.25, 0.3) is 10.9 Å². The van der Waals surface area contributed by atoms with Gasteiger partial charge in [0.2, 0.25) is 0 Å². The van der Waals surface area contributed by atoms with E-state index in [1.165, 1.54) is 4.88 Å². The number of hydrogen-bond acceptors (Lipinski definition) is 5. The molecule has 30 heavy (non-hydrogen) atoms. The summed E-state index contributed by atoms with van der Waals surface area (Å²) in [6, 6.07) is 9.87. The molecule has 0 spiro atoms. The summed E-state index contributed by atoms with van der Waals surface area (Å²) >= 11 is 1.70. The molecule has 1 aromatic carbocycles. The van der Waals surface area contributed by atoms with Gasteiger partial charge < -0.3 is 9.84 Å². The van der Waals surface area contributed by atoms with Gasteiger partial charge in [-0.2, -0.15) is 0 Å². The maximum atomic E-state index is 13.3. The minimum atomic E-state index is -1.16. The van der Waals surface area contributed by atoms with Gasteiger partial charge in [0.1, 0.15) is 11.2 Å². The molecular formula is C24H28N2O3S. The van der Waals surface area contributed by atoms with Crippen molar-refractivity contribution in [3.8, 4) is 0 Å². The fourth-order valence-corrected chi connectivity index (χ4v) is 6.39. The van der Waals surface area contributed by atoms with Crippen molar-refractivity contribution in [2.24, 2.45) is 5.92 Å². The van der Waals surface area contributed by atoms with Gasteiger partial charge in [-0.15, -0.1) is 11.3 Å². The molecule has 0 radical (unpaired) electrons.